The summed E-state index contributed by atoms with van der Waals surface area (Å²) in [6, 6.07) is 5.04. The van der Waals surface area contributed by atoms with Crippen LogP contribution in [0.4, 0.5) is 4.39 Å². The zero-order chi connectivity index (χ0) is 14.0. The molecule has 1 N–H and O–H groups in total. The summed E-state index contributed by atoms with van der Waals surface area (Å²) in [6.45, 7) is 6.08. The summed E-state index contributed by atoms with van der Waals surface area (Å²) in [5.41, 5.74) is 2.00. The zero-order valence-electron chi connectivity index (χ0n) is 11.1. The molecule has 0 saturated heterocycles. The number of nitrogens with one attached hydrogen (secondary N) is 1. The van der Waals surface area contributed by atoms with Crippen molar-refractivity contribution >= 4 is 22.9 Å². The molecule has 102 valence electrons. The first-order valence-corrected chi connectivity index (χ1v) is 7.36. The maximum Gasteiger partial charge on any atom is 0.141 e. The minimum Gasteiger partial charge on any atom is -0.302 e. The summed E-state index contributed by atoms with van der Waals surface area (Å²) < 4.78 is 13.1. The molecule has 2 aromatic rings. The molecule has 0 radical (unpaired) electrons. The third kappa shape index (κ3) is 3.53. The molecule has 2 rings (SSSR count). The summed E-state index contributed by atoms with van der Waals surface area (Å²) in [4.78, 5) is 4.46. The van der Waals surface area contributed by atoms with Crippen molar-refractivity contribution in [2.24, 2.45) is 0 Å². The molecule has 1 aromatic carbocycles. The van der Waals surface area contributed by atoms with Gasteiger partial charge in [0.2, 0.25) is 0 Å². The molecule has 2 nitrogen and oxygen atoms in total. The number of halogens is 2. The minimum atomic E-state index is -0.388. The highest BCUT2D eigenvalue weighted by Gasteiger charge is 2.14. The Hall–Kier alpha value is -0.970. The van der Waals surface area contributed by atoms with Gasteiger partial charge in [-0.3, -0.25) is 0 Å². The van der Waals surface area contributed by atoms with Gasteiger partial charge in [-0.05, 0) is 38.5 Å². The predicted molar refractivity (Wildman–Crippen MR) is 78.2 cm³/mol. The van der Waals surface area contributed by atoms with E-state index in [1.807, 2.05) is 19.2 Å². The number of thiazole rings is 1. The van der Waals surface area contributed by atoms with Crippen LogP contribution in [0, 0.1) is 12.7 Å². The van der Waals surface area contributed by atoms with Crippen LogP contribution in [-0.2, 0) is 0 Å². The Balaban J connectivity index is 2.07. The fraction of sp³-hybridized carbons (Fsp3) is 0.357. The summed E-state index contributed by atoms with van der Waals surface area (Å²) in [5.74, 6) is -0.388. The van der Waals surface area contributed by atoms with Crippen LogP contribution in [0.25, 0.3) is 0 Å². The van der Waals surface area contributed by atoms with Crippen molar-refractivity contribution < 1.29 is 4.39 Å². The standard InChI is InChI=1S/C14H16ClFN2S/c1-8-7-19-14(17-8)10(3)18-9(2)11-4-5-13(16)12(15)6-11/h4-7,9-10,18H,1-3H3. The number of hydrogen-bond acceptors (Lipinski definition) is 3. The quantitative estimate of drug-likeness (QED) is 0.888. The van der Waals surface area contributed by atoms with Crippen LogP contribution in [0.5, 0.6) is 0 Å². The Morgan fingerprint density at radius 2 is 2.05 bits per heavy atom. The largest absolute Gasteiger partial charge is 0.302 e. The highest BCUT2D eigenvalue weighted by Crippen LogP contribution is 2.24. The van der Waals surface area contributed by atoms with Gasteiger partial charge in [-0.1, -0.05) is 17.7 Å². The first kappa shape index (κ1) is 14.4. The normalized spacial score (nSPS) is 14.4. The van der Waals surface area contributed by atoms with Gasteiger partial charge >= 0.3 is 0 Å². The van der Waals surface area contributed by atoms with Crippen LogP contribution >= 0.6 is 22.9 Å². The van der Waals surface area contributed by atoms with E-state index in [4.69, 9.17) is 11.6 Å². The van der Waals surface area contributed by atoms with Gasteiger partial charge in [0.15, 0.2) is 0 Å². The van der Waals surface area contributed by atoms with E-state index in [0.29, 0.717) is 0 Å². The Kier molecular flexibility index (Phi) is 4.55. The number of aryl methyl sites for hydroxylation is 1. The van der Waals surface area contributed by atoms with Crippen LogP contribution in [0.2, 0.25) is 5.02 Å². The van der Waals surface area contributed by atoms with Gasteiger partial charge in [-0.25, -0.2) is 9.37 Å². The van der Waals surface area contributed by atoms with Crippen LogP contribution in [0.15, 0.2) is 23.6 Å². The van der Waals surface area contributed by atoms with Crippen LogP contribution < -0.4 is 5.32 Å². The molecule has 1 aromatic heterocycles. The molecule has 0 aliphatic carbocycles. The Morgan fingerprint density at radius 3 is 2.63 bits per heavy atom. The first-order chi connectivity index (χ1) is 8.97. The van der Waals surface area contributed by atoms with Crippen LogP contribution in [-0.4, -0.2) is 4.98 Å². The highest BCUT2D eigenvalue weighted by atomic mass is 35.5. The van der Waals surface area contributed by atoms with E-state index in [0.717, 1.165) is 16.3 Å². The van der Waals surface area contributed by atoms with Crippen molar-refractivity contribution in [1.29, 1.82) is 0 Å². The van der Waals surface area contributed by atoms with Gasteiger partial charge < -0.3 is 5.32 Å². The van der Waals surface area contributed by atoms with Gasteiger partial charge in [0.05, 0.1) is 11.1 Å². The summed E-state index contributed by atoms with van der Waals surface area (Å²) in [5, 5.41) is 6.68. The van der Waals surface area contributed by atoms with E-state index in [9.17, 15) is 4.39 Å². The summed E-state index contributed by atoms with van der Waals surface area (Å²) >= 11 is 7.44. The van der Waals surface area contributed by atoms with Gasteiger partial charge in [-0.2, -0.15) is 0 Å². The lowest BCUT2D eigenvalue weighted by Gasteiger charge is -2.19. The van der Waals surface area contributed by atoms with Crippen LogP contribution in [0.1, 0.15) is 42.2 Å². The van der Waals surface area contributed by atoms with E-state index in [1.54, 1.807) is 23.5 Å². The van der Waals surface area contributed by atoms with E-state index in [-0.39, 0.29) is 22.9 Å². The van der Waals surface area contributed by atoms with Crippen molar-refractivity contribution in [1.82, 2.24) is 10.3 Å². The Labute approximate surface area is 121 Å². The van der Waals surface area contributed by atoms with Crippen LogP contribution in [0.3, 0.4) is 0 Å². The second-order valence-electron chi connectivity index (χ2n) is 4.61. The lowest BCUT2D eigenvalue weighted by molar-refractivity contribution is 0.492. The average Bonchev–Trinajstić information content (AvgIpc) is 2.79. The Bertz CT molecular complexity index is 570. The van der Waals surface area contributed by atoms with E-state index in [1.165, 1.54) is 6.07 Å². The molecule has 5 heteroatoms. The average molecular weight is 299 g/mol. The smallest absolute Gasteiger partial charge is 0.141 e. The molecule has 0 spiro atoms. The van der Waals surface area contributed by atoms with Crippen molar-refractivity contribution in [2.45, 2.75) is 32.9 Å². The molecule has 0 aliphatic rings. The molecule has 0 aliphatic heterocycles. The van der Waals surface area contributed by atoms with Gasteiger partial charge in [0.1, 0.15) is 10.8 Å². The fourth-order valence-corrected chi connectivity index (χ4v) is 2.90. The van der Waals surface area contributed by atoms with Crippen molar-refractivity contribution in [3.8, 4) is 0 Å². The second kappa shape index (κ2) is 5.99. The maximum absolute atomic E-state index is 13.1. The molecule has 2 atom stereocenters. The minimum absolute atomic E-state index is 0.0808. The van der Waals surface area contributed by atoms with Crippen molar-refractivity contribution in [3.63, 3.8) is 0 Å². The number of rotatable bonds is 4. The third-order valence-corrected chi connectivity index (χ3v) is 4.39. The van der Waals surface area contributed by atoms with Gasteiger partial charge in [0.25, 0.3) is 0 Å². The molecule has 0 amide bonds. The van der Waals surface area contributed by atoms with E-state index >= 15 is 0 Å². The lowest BCUT2D eigenvalue weighted by atomic mass is 10.1. The molecule has 0 fully saturated rings. The fourth-order valence-electron chi connectivity index (χ4n) is 1.90. The molecule has 1 heterocycles. The highest BCUT2D eigenvalue weighted by molar-refractivity contribution is 7.09. The number of hydrogen-bond donors (Lipinski definition) is 1. The topological polar surface area (TPSA) is 24.9 Å². The number of benzene rings is 1. The molecule has 19 heavy (non-hydrogen) atoms. The third-order valence-electron chi connectivity index (χ3n) is 2.95. The molecular formula is C14H16ClFN2S. The molecule has 0 bridgehead atoms. The molecule has 2 unspecified atom stereocenters. The SMILES string of the molecule is Cc1csc(C(C)NC(C)c2ccc(F)c(Cl)c2)n1. The summed E-state index contributed by atoms with van der Waals surface area (Å²) in [6.07, 6.45) is 0. The van der Waals surface area contributed by atoms with E-state index in [2.05, 4.69) is 17.2 Å². The lowest BCUT2D eigenvalue weighted by Crippen LogP contribution is -2.22. The number of nitrogens with zero attached hydrogens (tertiary/aromatic N) is 1. The molecular weight excluding hydrogens is 283 g/mol. The van der Waals surface area contributed by atoms with Crippen molar-refractivity contribution in [2.75, 3.05) is 0 Å². The monoisotopic (exact) mass is 298 g/mol. The maximum atomic E-state index is 13.1. The first-order valence-electron chi connectivity index (χ1n) is 6.10. The van der Waals surface area contributed by atoms with Gasteiger partial charge in [0, 0.05) is 17.1 Å². The predicted octanol–water partition coefficient (Wildman–Crippen LogP) is 4.66. The molecule has 0 saturated carbocycles. The van der Waals surface area contributed by atoms with E-state index < -0.39 is 0 Å². The zero-order valence-corrected chi connectivity index (χ0v) is 12.6. The second-order valence-corrected chi connectivity index (χ2v) is 5.91. The Morgan fingerprint density at radius 1 is 1.32 bits per heavy atom. The summed E-state index contributed by atoms with van der Waals surface area (Å²) in [7, 11) is 0. The van der Waals surface area contributed by atoms with Crippen molar-refractivity contribution in [3.05, 3.63) is 50.7 Å². The number of aromatic nitrogens is 1. The van der Waals surface area contributed by atoms with Gasteiger partial charge in [-0.15, -0.1) is 11.3 Å².